The van der Waals surface area contributed by atoms with Crippen molar-refractivity contribution in [1.82, 2.24) is 4.98 Å². The third kappa shape index (κ3) is 1.21. The first-order chi connectivity index (χ1) is 4.75. The standard InChI is InChI=1S/C8H13NO/c1-6-5-9-7(2)8(6)3-4-10/h5,9-10H,3-4H2,1-2H3. The fourth-order valence-corrected chi connectivity index (χ4v) is 1.18. The first-order valence-corrected chi connectivity index (χ1v) is 3.50. The van der Waals surface area contributed by atoms with E-state index in [4.69, 9.17) is 5.11 Å². The van der Waals surface area contributed by atoms with Gasteiger partial charge in [0.15, 0.2) is 0 Å². The molecule has 0 saturated carbocycles. The molecule has 0 aliphatic rings. The number of hydrogen-bond donors (Lipinski definition) is 2. The highest BCUT2D eigenvalue weighted by molar-refractivity contribution is 5.28. The topological polar surface area (TPSA) is 36.0 Å². The van der Waals surface area contributed by atoms with Gasteiger partial charge in [0.25, 0.3) is 0 Å². The molecule has 0 aliphatic heterocycles. The minimum absolute atomic E-state index is 0.236. The summed E-state index contributed by atoms with van der Waals surface area (Å²) >= 11 is 0. The van der Waals surface area contributed by atoms with Crippen molar-refractivity contribution in [2.24, 2.45) is 0 Å². The van der Waals surface area contributed by atoms with Gasteiger partial charge >= 0.3 is 0 Å². The van der Waals surface area contributed by atoms with Crippen molar-refractivity contribution in [3.63, 3.8) is 0 Å². The normalized spacial score (nSPS) is 10.3. The molecule has 0 atom stereocenters. The summed E-state index contributed by atoms with van der Waals surface area (Å²) in [6.07, 6.45) is 2.74. The summed E-state index contributed by atoms with van der Waals surface area (Å²) in [6, 6.07) is 0. The van der Waals surface area contributed by atoms with Gasteiger partial charge in [0.05, 0.1) is 0 Å². The maximum Gasteiger partial charge on any atom is 0.0472 e. The number of hydrogen-bond acceptors (Lipinski definition) is 1. The molecule has 56 valence electrons. The van der Waals surface area contributed by atoms with Crippen LogP contribution in [-0.2, 0) is 6.42 Å². The molecule has 0 fully saturated rings. The average molecular weight is 139 g/mol. The minimum Gasteiger partial charge on any atom is -0.396 e. The largest absolute Gasteiger partial charge is 0.396 e. The molecule has 0 bridgehead atoms. The summed E-state index contributed by atoms with van der Waals surface area (Å²) in [4.78, 5) is 3.11. The van der Waals surface area contributed by atoms with Crippen LogP contribution in [0.3, 0.4) is 0 Å². The zero-order valence-corrected chi connectivity index (χ0v) is 6.44. The Morgan fingerprint density at radius 1 is 1.50 bits per heavy atom. The van der Waals surface area contributed by atoms with Gasteiger partial charge in [-0.15, -0.1) is 0 Å². The molecule has 10 heavy (non-hydrogen) atoms. The third-order valence-corrected chi connectivity index (χ3v) is 1.80. The highest BCUT2D eigenvalue weighted by atomic mass is 16.2. The Labute approximate surface area is 60.9 Å². The lowest BCUT2D eigenvalue weighted by Gasteiger charge is -1.96. The van der Waals surface area contributed by atoms with Gasteiger partial charge in [0, 0.05) is 18.5 Å². The Morgan fingerprint density at radius 2 is 2.20 bits per heavy atom. The molecule has 0 radical (unpaired) electrons. The van der Waals surface area contributed by atoms with Gasteiger partial charge in [-0.3, -0.25) is 0 Å². The second-order valence-electron chi connectivity index (χ2n) is 2.55. The molecule has 0 unspecified atom stereocenters. The molecule has 1 rings (SSSR count). The van der Waals surface area contributed by atoms with Crippen molar-refractivity contribution in [1.29, 1.82) is 0 Å². The highest BCUT2D eigenvalue weighted by Gasteiger charge is 2.01. The van der Waals surface area contributed by atoms with E-state index in [1.54, 1.807) is 0 Å². The van der Waals surface area contributed by atoms with E-state index in [1.807, 2.05) is 13.1 Å². The second-order valence-corrected chi connectivity index (χ2v) is 2.55. The van der Waals surface area contributed by atoms with Gasteiger partial charge < -0.3 is 10.1 Å². The first kappa shape index (κ1) is 7.35. The molecule has 1 heterocycles. The Morgan fingerprint density at radius 3 is 2.60 bits per heavy atom. The molecule has 1 aromatic rings. The van der Waals surface area contributed by atoms with E-state index in [-0.39, 0.29) is 6.61 Å². The Hall–Kier alpha value is -0.760. The van der Waals surface area contributed by atoms with Crippen LogP contribution in [0.15, 0.2) is 6.20 Å². The lowest BCUT2D eigenvalue weighted by molar-refractivity contribution is 0.299. The van der Waals surface area contributed by atoms with Crippen LogP contribution in [-0.4, -0.2) is 16.7 Å². The van der Waals surface area contributed by atoms with Crippen molar-refractivity contribution >= 4 is 0 Å². The van der Waals surface area contributed by atoms with E-state index < -0.39 is 0 Å². The molecular weight excluding hydrogens is 126 g/mol. The van der Waals surface area contributed by atoms with Gasteiger partial charge in [0.2, 0.25) is 0 Å². The molecule has 0 spiro atoms. The predicted molar refractivity (Wildman–Crippen MR) is 41.1 cm³/mol. The number of aliphatic hydroxyl groups excluding tert-OH is 1. The molecule has 0 aliphatic carbocycles. The van der Waals surface area contributed by atoms with Crippen LogP contribution >= 0.6 is 0 Å². The van der Waals surface area contributed by atoms with E-state index in [1.165, 1.54) is 16.8 Å². The van der Waals surface area contributed by atoms with E-state index in [0.717, 1.165) is 6.42 Å². The van der Waals surface area contributed by atoms with Crippen molar-refractivity contribution < 1.29 is 5.11 Å². The maximum atomic E-state index is 8.67. The van der Waals surface area contributed by atoms with Crippen molar-refractivity contribution in [3.05, 3.63) is 23.0 Å². The van der Waals surface area contributed by atoms with Crippen LogP contribution < -0.4 is 0 Å². The average Bonchev–Trinajstić information content (AvgIpc) is 2.20. The minimum atomic E-state index is 0.236. The lowest BCUT2D eigenvalue weighted by atomic mass is 10.1. The summed E-state index contributed by atoms with van der Waals surface area (Å²) in [5, 5.41) is 8.67. The van der Waals surface area contributed by atoms with Crippen molar-refractivity contribution in [2.75, 3.05) is 6.61 Å². The molecule has 2 N–H and O–H groups in total. The zero-order valence-electron chi connectivity index (χ0n) is 6.44. The summed E-state index contributed by atoms with van der Waals surface area (Å²) in [6.45, 7) is 4.31. The Balaban J connectivity index is 2.87. The van der Waals surface area contributed by atoms with Crippen LogP contribution in [0.5, 0.6) is 0 Å². The predicted octanol–water partition coefficient (Wildman–Crippen LogP) is 1.17. The SMILES string of the molecule is Cc1c[nH]c(C)c1CCO. The number of aromatic amines is 1. The smallest absolute Gasteiger partial charge is 0.0472 e. The quantitative estimate of drug-likeness (QED) is 0.634. The number of nitrogens with one attached hydrogen (secondary N) is 1. The summed E-state index contributed by atoms with van der Waals surface area (Å²) in [5.74, 6) is 0. The molecule has 0 amide bonds. The van der Waals surface area contributed by atoms with Crippen molar-refractivity contribution in [2.45, 2.75) is 20.3 Å². The van der Waals surface area contributed by atoms with Crippen LogP contribution in [0.4, 0.5) is 0 Å². The van der Waals surface area contributed by atoms with E-state index in [2.05, 4.69) is 11.9 Å². The number of aryl methyl sites for hydroxylation is 2. The van der Waals surface area contributed by atoms with Crippen molar-refractivity contribution in [3.8, 4) is 0 Å². The van der Waals surface area contributed by atoms with Gasteiger partial charge in [-0.05, 0) is 31.4 Å². The maximum absolute atomic E-state index is 8.67. The highest BCUT2D eigenvalue weighted by Crippen LogP contribution is 2.11. The molecular formula is C8H13NO. The fraction of sp³-hybridized carbons (Fsp3) is 0.500. The lowest BCUT2D eigenvalue weighted by Crippen LogP contribution is -1.92. The second kappa shape index (κ2) is 2.88. The van der Waals surface area contributed by atoms with Crippen LogP contribution in [0.2, 0.25) is 0 Å². The van der Waals surface area contributed by atoms with Crippen LogP contribution in [0.1, 0.15) is 16.8 Å². The molecule has 0 aromatic carbocycles. The van der Waals surface area contributed by atoms with E-state index >= 15 is 0 Å². The summed E-state index contributed by atoms with van der Waals surface area (Å²) in [7, 11) is 0. The van der Waals surface area contributed by atoms with E-state index in [0.29, 0.717) is 0 Å². The van der Waals surface area contributed by atoms with Gasteiger partial charge in [0.1, 0.15) is 0 Å². The monoisotopic (exact) mass is 139 g/mol. The van der Waals surface area contributed by atoms with Crippen LogP contribution in [0, 0.1) is 13.8 Å². The number of H-pyrrole nitrogens is 1. The third-order valence-electron chi connectivity index (χ3n) is 1.80. The fourth-order valence-electron chi connectivity index (χ4n) is 1.18. The molecule has 2 nitrogen and oxygen atoms in total. The Kier molecular flexibility index (Phi) is 2.12. The molecule has 2 heteroatoms. The summed E-state index contributed by atoms with van der Waals surface area (Å²) < 4.78 is 0. The van der Waals surface area contributed by atoms with Gasteiger partial charge in [-0.25, -0.2) is 0 Å². The number of aromatic nitrogens is 1. The summed E-state index contributed by atoms with van der Waals surface area (Å²) in [5.41, 5.74) is 3.67. The number of aliphatic hydroxyl groups is 1. The van der Waals surface area contributed by atoms with Gasteiger partial charge in [-0.1, -0.05) is 0 Å². The molecule has 1 aromatic heterocycles. The Bertz CT molecular complexity index is 196. The first-order valence-electron chi connectivity index (χ1n) is 3.50. The van der Waals surface area contributed by atoms with E-state index in [9.17, 15) is 0 Å². The zero-order chi connectivity index (χ0) is 7.56. The van der Waals surface area contributed by atoms with Gasteiger partial charge in [-0.2, -0.15) is 0 Å². The van der Waals surface area contributed by atoms with Crippen LogP contribution in [0.25, 0.3) is 0 Å². The molecule has 0 saturated heterocycles. The number of rotatable bonds is 2.